The highest BCUT2D eigenvalue weighted by atomic mass is 16.2. The van der Waals surface area contributed by atoms with E-state index in [2.05, 4.69) is 10.6 Å². The smallest absolute Gasteiger partial charge is 0.319 e. The molecule has 2 rings (SSSR count). The van der Waals surface area contributed by atoms with Crippen LogP contribution in [0.2, 0.25) is 0 Å². The Labute approximate surface area is 142 Å². The third-order valence-corrected chi connectivity index (χ3v) is 3.48. The second-order valence-electron chi connectivity index (χ2n) is 5.27. The molecule has 0 unspecified atom stereocenters. The van der Waals surface area contributed by atoms with Crippen LogP contribution in [0.4, 0.5) is 16.2 Å². The van der Waals surface area contributed by atoms with Gasteiger partial charge in [-0.1, -0.05) is 42.5 Å². The van der Waals surface area contributed by atoms with Crippen LogP contribution in [-0.2, 0) is 4.79 Å². The van der Waals surface area contributed by atoms with Crippen LogP contribution in [0, 0.1) is 0 Å². The van der Waals surface area contributed by atoms with Crippen molar-refractivity contribution in [2.45, 2.75) is 6.92 Å². The summed E-state index contributed by atoms with van der Waals surface area (Å²) in [5, 5.41) is 5.50. The summed E-state index contributed by atoms with van der Waals surface area (Å²) in [6.07, 6.45) is 3.84. The highest BCUT2D eigenvalue weighted by Crippen LogP contribution is 2.16. The van der Waals surface area contributed by atoms with Gasteiger partial charge in [-0.15, -0.1) is 0 Å². The molecule has 0 saturated heterocycles. The molecule has 124 valence electrons. The van der Waals surface area contributed by atoms with E-state index < -0.39 is 0 Å². The molecule has 5 heteroatoms. The predicted octanol–water partition coefficient (Wildman–Crippen LogP) is 3.50. The molecule has 0 bridgehead atoms. The first-order chi connectivity index (χ1) is 11.6. The van der Waals surface area contributed by atoms with Gasteiger partial charge in [0.1, 0.15) is 0 Å². The van der Waals surface area contributed by atoms with Gasteiger partial charge < -0.3 is 15.5 Å². The quantitative estimate of drug-likeness (QED) is 0.884. The second-order valence-corrected chi connectivity index (χ2v) is 5.27. The molecule has 2 aromatic rings. The Morgan fingerprint density at radius 1 is 1.04 bits per heavy atom. The zero-order chi connectivity index (χ0) is 17.4. The molecular formula is C19H21N3O2. The minimum atomic E-state index is -0.277. The summed E-state index contributed by atoms with van der Waals surface area (Å²) < 4.78 is 0. The number of carbonyl (C=O) groups excluding carboxylic acids is 2. The molecule has 0 saturated carbocycles. The molecular weight excluding hydrogens is 302 g/mol. The third-order valence-electron chi connectivity index (χ3n) is 3.48. The van der Waals surface area contributed by atoms with Crippen LogP contribution in [0.1, 0.15) is 12.5 Å². The van der Waals surface area contributed by atoms with Gasteiger partial charge in [-0.25, -0.2) is 4.79 Å². The maximum absolute atomic E-state index is 11.8. The lowest BCUT2D eigenvalue weighted by atomic mass is 10.2. The lowest BCUT2D eigenvalue weighted by Crippen LogP contribution is -2.28. The first-order valence-electron chi connectivity index (χ1n) is 7.67. The summed E-state index contributed by atoms with van der Waals surface area (Å²) in [7, 11) is 1.70. The Kier molecular flexibility index (Phi) is 6.14. The van der Waals surface area contributed by atoms with Gasteiger partial charge in [-0.05, 0) is 29.8 Å². The molecule has 3 amide bonds. The van der Waals surface area contributed by atoms with Crippen molar-refractivity contribution in [3.63, 3.8) is 0 Å². The molecule has 0 aliphatic rings. The van der Waals surface area contributed by atoms with Crippen molar-refractivity contribution in [3.8, 4) is 0 Å². The first kappa shape index (κ1) is 17.3. The number of urea groups is 1. The SMILES string of the molecule is CC(=O)N(C)c1ccc(NC(=O)NC/C=C/c2ccccc2)cc1. The van der Waals surface area contributed by atoms with Crippen LogP contribution >= 0.6 is 0 Å². The van der Waals surface area contributed by atoms with E-state index in [9.17, 15) is 9.59 Å². The van der Waals surface area contributed by atoms with Crippen LogP contribution in [0.15, 0.2) is 60.7 Å². The van der Waals surface area contributed by atoms with E-state index in [1.165, 1.54) is 11.8 Å². The molecule has 0 aromatic heterocycles. The van der Waals surface area contributed by atoms with Crippen molar-refractivity contribution in [3.05, 3.63) is 66.2 Å². The monoisotopic (exact) mass is 323 g/mol. The minimum absolute atomic E-state index is 0.0429. The van der Waals surface area contributed by atoms with Gasteiger partial charge in [-0.3, -0.25) is 4.79 Å². The maximum Gasteiger partial charge on any atom is 0.319 e. The third kappa shape index (κ3) is 5.28. The summed E-state index contributed by atoms with van der Waals surface area (Å²) in [4.78, 5) is 24.7. The highest BCUT2D eigenvalue weighted by molar-refractivity contribution is 5.92. The van der Waals surface area contributed by atoms with E-state index in [0.29, 0.717) is 12.2 Å². The number of benzene rings is 2. The van der Waals surface area contributed by atoms with Gasteiger partial charge in [0.05, 0.1) is 0 Å². The van der Waals surface area contributed by atoms with Crippen LogP contribution in [0.5, 0.6) is 0 Å². The summed E-state index contributed by atoms with van der Waals surface area (Å²) in [6, 6.07) is 16.7. The van der Waals surface area contributed by atoms with Gasteiger partial charge in [0.2, 0.25) is 5.91 Å². The second kappa shape index (κ2) is 8.53. The molecule has 0 aliphatic carbocycles. The molecule has 0 atom stereocenters. The number of anilines is 2. The van der Waals surface area contributed by atoms with Gasteiger partial charge in [0, 0.05) is 31.9 Å². The van der Waals surface area contributed by atoms with E-state index >= 15 is 0 Å². The van der Waals surface area contributed by atoms with Crippen LogP contribution < -0.4 is 15.5 Å². The van der Waals surface area contributed by atoms with Crippen LogP contribution in [-0.4, -0.2) is 25.5 Å². The van der Waals surface area contributed by atoms with E-state index in [0.717, 1.165) is 11.3 Å². The average molecular weight is 323 g/mol. The molecule has 0 aliphatic heterocycles. The van der Waals surface area contributed by atoms with E-state index in [-0.39, 0.29) is 11.9 Å². The van der Waals surface area contributed by atoms with Crippen molar-refractivity contribution in [2.24, 2.45) is 0 Å². The standard InChI is InChI=1S/C19H21N3O2/c1-15(23)22(2)18-12-10-17(11-13-18)21-19(24)20-14-6-9-16-7-4-3-5-8-16/h3-13H,14H2,1-2H3,(H2,20,21,24)/b9-6+. The van der Waals surface area contributed by atoms with Gasteiger partial charge >= 0.3 is 6.03 Å². The fraction of sp³-hybridized carbons (Fsp3) is 0.158. The lowest BCUT2D eigenvalue weighted by molar-refractivity contribution is -0.116. The summed E-state index contributed by atoms with van der Waals surface area (Å²) in [5.41, 5.74) is 2.53. The topological polar surface area (TPSA) is 61.4 Å². The molecule has 0 heterocycles. The molecule has 24 heavy (non-hydrogen) atoms. The van der Waals surface area contributed by atoms with E-state index in [1.807, 2.05) is 42.5 Å². The largest absolute Gasteiger partial charge is 0.334 e. The van der Waals surface area contributed by atoms with Crippen molar-refractivity contribution >= 4 is 29.4 Å². The Morgan fingerprint density at radius 3 is 2.33 bits per heavy atom. The van der Waals surface area contributed by atoms with Gasteiger partial charge in [0.25, 0.3) is 0 Å². The lowest BCUT2D eigenvalue weighted by Gasteiger charge is -2.15. The first-order valence-corrected chi connectivity index (χ1v) is 7.67. The van der Waals surface area contributed by atoms with E-state index in [4.69, 9.17) is 0 Å². The fourth-order valence-electron chi connectivity index (χ4n) is 2.04. The summed E-state index contributed by atoms with van der Waals surface area (Å²) >= 11 is 0. The Bertz CT molecular complexity index is 709. The van der Waals surface area contributed by atoms with Crippen molar-refractivity contribution in [2.75, 3.05) is 23.8 Å². The minimum Gasteiger partial charge on any atom is -0.334 e. The number of rotatable bonds is 5. The molecule has 0 spiro atoms. The average Bonchev–Trinajstić information content (AvgIpc) is 2.59. The van der Waals surface area contributed by atoms with E-state index in [1.54, 1.807) is 31.3 Å². The Morgan fingerprint density at radius 2 is 1.71 bits per heavy atom. The fourth-order valence-corrected chi connectivity index (χ4v) is 2.04. The molecule has 2 N–H and O–H groups in total. The molecule has 0 fully saturated rings. The highest BCUT2D eigenvalue weighted by Gasteiger charge is 2.05. The molecule has 5 nitrogen and oxygen atoms in total. The number of hydrogen-bond acceptors (Lipinski definition) is 2. The van der Waals surface area contributed by atoms with Crippen molar-refractivity contribution in [1.82, 2.24) is 5.32 Å². The number of carbonyl (C=O) groups is 2. The Balaban J connectivity index is 1.80. The van der Waals surface area contributed by atoms with Crippen LogP contribution in [0.3, 0.4) is 0 Å². The number of nitrogens with one attached hydrogen (secondary N) is 2. The maximum atomic E-state index is 11.8. The summed E-state index contributed by atoms with van der Waals surface area (Å²) in [6.45, 7) is 1.94. The number of hydrogen-bond donors (Lipinski definition) is 2. The molecule has 0 radical (unpaired) electrons. The summed E-state index contributed by atoms with van der Waals surface area (Å²) in [5.74, 6) is -0.0429. The zero-order valence-electron chi connectivity index (χ0n) is 13.8. The van der Waals surface area contributed by atoms with Gasteiger partial charge in [-0.2, -0.15) is 0 Å². The number of amides is 3. The van der Waals surface area contributed by atoms with Crippen molar-refractivity contribution in [1.29, 1.82) is 0 Å². The van der Waals surface area contributed by atoms with Gasteiger partial charge in [0.15, 0.2) is 0 Å². The van der Waals surface area contributed by atoms with Crippen LogP contribution in [0.25, 0.3) is 6.08 Å². The zero-order valence-corrected chi connectivity index (χ0v) is 13.8. The molecule has 2 aromatic carbocycles. The number of nitrogens with zero attached hydrogens (tertiary/aromatic N) is 1. The predicted molar refractivity (Wildman–Crippen MR) is 98.0 cm³/mol. The normalized spacial score (nSPS) is 10.4. The van der Waals surface area contributed by atoms with Crippen molar-refractivity contribution < 1.29 is 9.59 Å². The Hall–Kier alpha value is -3.08.